The van der Waals surface area contributed by atoms with Gasteiger partial charge in [0.05, 0.1) is 13.0 Å². The molecule has 6 rings (SSSR count). The summed E-state index contributed by atoms with van der Waals surface area (Å²) >= 11 is 0. The van der Waals surface area contributed by atoms with Gasteiger partial charge in [-0.3, -0.25) is 14.4 Å². The highest BCUT2D eigenvalue weighted by atomic mass is 16.8. The van der Waals surface area contributed by atoms with E-state index in [4.69, 9.17) is 23.7 Å². The first-order valence-corrected chi connectivity index (χ1v) is 14.2. The van der Waals surface area contributed by atoms with Gasteiger partial charge >= 0.3 is 17.9 Å². The van der Waals surface area contributed by atoms with Crippen LogP contribution >= 0.6 is 0 Å². The normalized spacial score (nSPS) is 52.0. The third kappa shape index (κ3) is 3.64. The molecule has 0 aromatic rings. The van der Waals surface area contributed by atoms with Crippen molar-refractivity contribution >= 4 is 17.9 Å². The van der Waals surface area contributed by atoms with Crippen molar-refractivity contribution < 1.29 is 38.1 Å². The van der Waals surface area contributed by atoms with E-state index < -0.39 is 24.3 Å². The van der Waals surface area contributed by atoms with Gasteiger partial charge in [-0.05, 0) is 73.5 Å². The summed E-state index contributed by atoms with van der Waals surface area (Å²) in [6.45, 7) is 10.7. The second-order valence-corrected chi connectivity index (χ2v) is 13.7. The first kappa shape index (κ1) is 25.6. The summed E-state index contributed by atoms with van der Waals surface area (Å²) in [5.41, 5.74) is -0.897. The molecule has 0 aromatic carbocycles. The number of ether oxygens (including phenoxy) is 5. The van der Waals surface area contributed by atoms with Crippen molar-refractivity contribution in [3.8, 4) is 0 Å². The Kier molecular flexibility index (Phi) is 5.82. The van der Waals surface area contributed by atoms with Gasteiger partial charge < -0.3 is 23.7 Å². The molecule has 3 aliphatic carbocycles. The van der Waals surface area contributed by atoms with Crippen LogP contribution in [-0.4, -0.2) is 48.8 Å². The van der Waals surface area contributed by atoms with E-state index in [1.54, 1.807) is 0 Å². The number of carbonyl (C=O) groups excluding carboxylic acids is 3. The number of esters is 3. The minimum atomic E-state index is -1.05. The van der Waals surface area contributed by atoms with Crippen LogP contribution in [0.5, 0.6) is 0 Å². The lowest BCUT2D eigenvalue weighted by Crippen LogP contribution is -2.61. The maximum atomic E-state index is 12.3. The lowest BCUT2D eigenvalue weighted by atomic mass is 9.38. The zero-order chi connectivity index (χ0) is 26.4. The molecule has 8 nitrogen and oxygen atoms in total. The number of carbonyl (C=O) groups is 3. The molecule has 3 saturated heterocycles. The quantitative estimate of drug-likeness (QED) is 0.397. The van der Waals surface area contributed by atoms with Crippen molar-refractivity contribution in [2.24, 2.45) is 39.9 Å². The molecule has 0 radical (unpaired) electrons. The average molecular weight is 519 g/mol. The molecule has 206 valence electrons. The third-order valence-electron chi connectivity index (χ3n) is 11.7. The predicted octanol–water partition coefficient (Wildman–Crippen LogP) is 4.52. The molecule has 8 heteroatoms. The van der Waals surface area contributed by atoms with E-state index in [9.17, 15) is 14.4 Å². The topological polar surface area (TPSA) is 97.4 Å². The number of hydrogen-bond donors (Lipinski definition) is 0. The van der Waals surface area contributed by atoms with Crippen molar-refractivity contribution in [2.45, 2.75) is 117 Å². The Balaban J connectivity index is 1.34. The van der Waals surface area contributed by atoms with E-state index in [1.807, 2.05) is 0 Å². The third-order valence-corrected chi connectivity index (χ3v) is 11.7. The summed E-state index contributed by atoms with van der Waals surface area (Å²) in [6, 6.07) is 0. The lowest BCUT2D eigenvalue weighted by molar-refractivity contribution is -0.226. The van der Waals surface area contributed by atoms with E-state index in [0.29, 0.717) is 24.9 Å². The summed E-state index contributed by atoms with van der Waals surface area (Å²) in [7, 11) is 0. The van der Waals surface area contributed by atoms with Crippen molar-refractivity contribution in [1.82, 2.24) is 0 Å². The molecule has 11 atom stereocenters. The van der Waals surface area contributed by atoms with Gasteiger partial charge in [-0.15, -0.1) is 0 Å². The summed E-state index contributed by atoms with van der Waals surface area (Å²) in [4.78, 5) is 36.2. The summed E-state index contributed by atoms with van der Waals surface area (Å²) in [5, 5.41) is 0. The Labute approximate surface area is 219 Å². The van der Waals surface area contributed by atoms with Crippen LogP contribution in [0.2, 0.25) is 0 Å². The summed E-state index contributed by atoms with van der Waals surface area (Å²) < 4.78 is 29.9. The minimum absolute atomic E-state index is 0.0143. The van der Waals surface area contributed by atoms with Crippen molar-refractivity contribution in [1.29, 1.82) is 0 Å². The van der Waals surface area contributed by atoms with Crippen LogP contribution in [0.4, 0.5) is 0 Å². The Morgan fingerprint density at radius 2 is 1.76 bits per heavy atom. The highest BCUT2D eigenvalue weighted by molar-refractivity contribution is 5.74. The second kappa shape index (κ2) is 8.41. The highest BCUT2D eigenvalue weighted by Gasteiger charge is 2.71. The maximum absolute atomic E-state index is 12.3. The molecule has 3 aliphatic heterocycles. The molecule has 1 unspecified atom stereocenters. The Bertz CT molecular complexity index is 996. The zero-order valence-corrected chi connectivity index (χ0v) is 22.9. The highest BCUT2D eigenvalue weighted by Crippen LogP contribution is 2.71. The Morgan fingerprint density at radius 3 is 2.49 bits per heavy atom. The molecule has 0 aromatic heterocycles. The first-order chi connectivity index (χ1) is 17.4. The van der Waals surface area contributed by atoms with Gasteiger partial charge in [0.15, 0.2) is 11.9 Å². The minimum Gasteiger partial charge on any atom is -0.465 e. The molecular weight excluding hydrogens is 476 g/mol. The molecule has 3 heterocycles. The SMILES string of the molecule is CC(=O)OC[C@@]1(C)CCC[C@@]2(C)C1CC[C@@]1(C)[C@@H]3C[C@@H](OC(C)=O)[C@@]45CC(=O)O[C@@H]4O[C@@H](O5)[C@H]3CC[C@@H]12. The zero-order valence-electron chi connectivity index (χ0n) is 22.9. The molecule has 0 N–H and O–H groups in total. The molecule has 2 bridgehead atoms. The maximum Gasteiger partial charge on any atom is 0.311 e. The van der Waals surface area contributed by atoms with E-state index in [1.165, 1.54) is 20.3 Å². The van der Waals surface area contributed by atoms with Crippen LogP contribution < -0.4 is 0 Å². The van der Waals surface area contributed by atoms with Crippen LogP contribution in [0, 0.1) is 39.9 Å². The summed E-state index contributed by atoms with van der Waals surface area (Å²) in [5.74, 6) is 0.468. The van der Waals surface area contributed by atoms with E-state index in [-0.39, 0.29) is 52.4 Å². The van der Waals surface area contributed by atoms with Crippen LogP contribution in [0.15, 0.2) is 0 Å². The van der Waals surface area contributed by atoms with Crippen molar-refractivity contribution in [3.63, 3.8) is 0 Å². The fraction of sp³-hybridized carbons (Fsp3) is 0.897. The monoisotopic (exact) mass is 518 g/mol. The van der Waals surface area contributed by atoms with Crippen LogP contribution in [0.25, 0.3) is 0 Å². The fourth-order valence-electron chi connectivity index (χ4n) is 10.3. The molecule has 6 fully saturated rings. The van der Waals surface area contributed by atoms with Crippen molar-refractivity contribution in [2.75, 3.05) is 6.61 Å². The standard InChI is InChI=1S/C29H42O8/c1-16(30)33-15-26(3)10-6-11-28(5)20(26)9-12-27(4)19-13-22(34-17(2)31)29-14-23(32)35-25(29)36-24(37-29)18(19)7-8-21(27)28/h18-22,24-25H,6-15H2,1-5H3/t18-,19+,20?,21-,22+,24-,25+,26+,27-,28-,29-/m0/s1. The Hall–Kier alpha value is -1.67. The number of rotatable bonds is 3. The molecule has 1 spiro atoms. The molecule has 3 saturated carbocycles. The van der Waals surface area contributed by atoms with E-state index in [0.717, 1.165) is 38.5 Å². The van der Waals surface area contributed by atoms with Gasteiger partial charge in [-0.25, -0.2) is 0 Å². The van der Waals surface area contributed by atoms with Gasteiger partial charge in [-0.2, -0.15) is 0 Å². The molecular formula is C29H42O8. The van der Waals surface area contributed by atoms with Crippen molar-refractivity contribution in [3.05, 3.63) is 0 Å². The van der Waals surface area contributed by atoms with Crippen LogP contribution in [0.1, 0.15) is 92.4 Å². The lowest BCUT2D eigenvalue weighted by Gasteiger charge is -2.67. The number of hydrogen-bond acceptors (Lipinski definition) is 8. The van der Waals surface area contributed by atoms with Gasteiger partial charge in [-0.1, -0.05) is 27.2 Å². The van der Waals surface area contributed by atoms with Gasteiger partial charge in [0.2, 0.25) is 6.29 Å². The molecule has 6 aliphatic rings. The predicted molar refractivity (Wildman–Crippen MR) is 131 cm³/mol. The fourth-order valence-corrected chi connectivity index (χ4v) is 10.3. The average Bonchev–Trinajstić information content (AvgIpc) is 3.26. The second-order valence-electron chi connectivity index (χ2n) is 13.7. The first-order valence-electron chi connectivity index (χ1n) is 14.2. The van der Waals surface area contributed by atoms with E-state index >= 15 is 0 Å². The van der Waals surface area contributed by atoms with Gasteiger partial charge in [0.25, 0.3) is 0 Å². The van der Waals surface area contributed by atoms with Crippen LogP contribution in [0.3, 0.4) is 0 Å². The Morgan fingerprint density at radius 1 is 0.973 bits per heavy atom. The number of fused-ring (bicyclic) bond motifs is 7. The van der Waals surface area contributed by atoms with Gasteiger partial charge in [0, 0.05) is 25.2 Å². The van der Waals surface area contributed by atoms with E-state index in [2.05, 4.69) is 20.8 Å². The summed E-state index contributed by atoms with van der Waals surface area (Å²) in [6.07, 6.45) is 6.51. The molecule has 0 amide bonds. The van der Waals surface area contributed by atoms with Gasteiger partial charge in [0.1, 0.15) is 6.10 Å². The molecule has 37 heavy (non-hydrogen) atoms. The smallest absolute Gasteiger partial charge is 0.311 e. The largest absolute Gasteiger partial charge is 0.465 e. The van der Waals surface area contributed by atoms with Crippen LogP contribution in [-0.2, 0) is 38.1 Å².